The Balaban J connectivity index is 2.24. The van der Waals surface area contributed by atoms with Gasteiger partial charge in [-0.2, -0.15) is 0 Å². The number of nitrogens with zero attached hydrogens (tertiary/aromatic N) is 1. The van der Waals surface area contributed by atoms with Gasteiger partial charge in [0.25, 0.3) is 5.91 Å². The highest BCUT2D eigenvalue weighted by molar-refractivity contribution is 6.07. The fourth-order valence-corrected chi connectivity index (χ4v) is 1.62. The average molecular weight is 245 g/mol. The summed E-state index contributed by atoms with van der Waals surface area (Å²) in [5.74, 6) is -0.668. The summed E-state index contributed by atoms with van der Waals surface area (Å²) in [4.78, 5) is 15.7. The maximum absolute atomic E-state index is 13.2. The van der Waals surface area contributed by atoms with Crippen LogP contribution in [0.5, 0.6) is 0 Å². The van der Waals surface area contributed by atoms with Gasteiger partial charge in [-0.15, -0.1) is 0 Å². The molecule has 0 atom stereocenters. The van der Waals surface area contributed by atoms with Gasteiger partial charge in [0.2, 0.25) is 0 Å². The highest BCUT2D eigenvalue weighted by Crippen LogP contribution is 2.15. The van der Waals surface area contributed by atoms with E-state index in [1.807, 2.05) is 0 Å². The van der Waals surface area contributed by atoms with Gasteiger partial charge in [0, 0.05) is 11.9 Å². The molecule has 3 N–H and O–H groups in total. The number of nitrogens with one attached hydrogen (secondary N) is 1. The van der Waals surface area contributed by atoms with Gasteiger partial charge >= 0.3 is 0 Å². The molecule has 1 amide bonds. The van der Waals surface area contributed by atoms with E-state index in [0.717, 1.165) is 5.56 Å². The summed E-state index contributed by atoms with van der Waals surface area (Å²) >= 11 is 0. The topological polar surface area (TPSA) is 68.0 Å². The van der Waals surface area contributed by atoms with Crippen molar-refractivity contribution in [3.8, 4) is 0 Å². The van der Waals surface area contributed by atoms with Gasteiger partial charge in [-0.1, -0.05) is 0 Å². The van der Waals surface area contributed by atoms with Crippen molar-refractivity contribution in [2.24, 2.45) is 0 Å². The van der Waals surface area contributed by atoms with E-state index in [2.05, 4.69) is 10.3 Å². The third-order valence-corrected chi connectivity index (χ3v) is 2.38. The van der Waals surface area contributed by atoms with Gasteiger partial charge in [-0.25, -0.2) is 9.37 Å². The molecule has 0 aliphatic carbocycles. The first-order chi connectivity index (χ1) is 8.56. The second-order valence-electron chi connectivity index (χ2n) is 3.91. The molecule has 1 aromatic heterocycles. The number of pyridine rings is 1. The summed E-state index contributed by atoms with van der Waals surface area (Å²) < 4.78 is 13.2. The number of carbonyl (C=O) groups is 1. The Morgan fingerprint density at radius 2 is 2.17 bits per heavy atom. The number of carbonyl (C=O) groups excluding carboxylic acids is 1. The Bertz CT molecular complexity index is 578. The van der Waals surface area contributed by atoms with Crippen LogP contribution in [0.4, 0.5) is 15.9 Å². The summed E-state index contributed by atoms with van der Waals surface area (Å²) in [5, 5.41) is 2.58. The lowest BCUT2D eigenvalue weighted by Gasteiger charge is -2.07. The van der Waals surface area contributed by atoms with Crippen LogP contribution in [0.3, 0.4) is 0 Å². The summed E-state index contributed by atoms with van der Waals surface area (Å²) in [7, 11) is 0. The molecule has 1 heterocycles. The van der Waals surface area contributed by atoms with Crippen LogP contribution in [0.15, 0.2) is 36.5 Å². The highest BCUT2D eigenvalue weighted by Gasteiger charge is 2.10. The Labute approximate surface area is 104 Å². The Morgan fingerprint density at radius 1 is 1.39 bits per heavy atom. The molecule has 2 rings (SSSR count). The minimum Gasteiger partial charge on any atom is -0.383 e. The van der Waals surface area contributed by atoms with Crippen LogP contribution in [0.1, 0.15) is 15.9 Å². The van der Waals surface area contributed by atoms with Crippen LogP contribution in [0.2, 0.25) is 0 Å². The second-order valence-corrected chi connectivity index (χ2v) is 3.91. The smallest absolute Gasteiger partial charge is 0.259 e. The van der Waals surface area contributed by atoms with E-state index in [1.54, 1.807) is 25.1 Å². The van der Waals surface area contributed by atoms with Crippen molar-refractivity contribution >= 4 is 17.4 Å². The second kappa shape index (κ2) is 4.83. The van der Waals surface area contributed by atoms with Gasteiger partial charge in [0.1, 0.15) is 11.6 Å². The average Bonchev–Trinajstić information content (AvgIpc) is 2.27. The fourth-order valence-electron chi connectivity index (χ4n) is 1.62. The number of rotatable bonds is 2. The van der Waals surface area contributed by atoms with E-state index < -0.39 is 11.7 Å². The molecule has 1 aromatic carbocycles. The molecule has 0 radical (unpaired) electrons. The number of benzene rings is 1. The molecule has 18 heavy (non-hydrogen) atoms. The van der Waals surface area contributed by atoms with Crippen molar-refractivity contribution in [3.05, 3.63) is 53.5 Å². The van der Waals surface area contributed by atoms with Crippen molar-refractivity contribution < 1.29 is 9.18 Å². The number of nitrogen functional groups attached to an aromatic ring is 1. The van der Waals surface area contributed by atoms with E-state index in [0.29, 0.717) is 5.69 Å². The van der Waals surface area contributed by atoms with E-state index in [9.17, 15) is 9.18 Å². The quantitative estimate of drug-likeness (QED) is 0.853. The number of aryl methyl sites for hydroxylation is 1. The maximum Gasteiger partial charge on any atom is 0.259 e. The normalized spacial score (nSPS) is 10.1. The number of nitrogens with two attached hydrogens (primary N) is 1. The molecule has 0 saturated heterocycles. The predicted octanol–water partition coefficient (Wildman–Crippen LogP) is 2.36. The first-order valence-electron chi connectivity index (χ1n) is 5.35. The van der Waals surface area contributed by atoms with Crippen molar-refractivity contribution in [2.45, 2.75) is 6.92 Å². The molecule has 5 heteroatoms. The molecular formula is C13H12FN3O. The standard InChI is InChI=1S/C13H12FN3O/c1-8-5-9(14)7-10(6-8)17-13(18)11-3-2-4-16-12(11)15/h2-7H,1H3,(H2,15,16)(H,17,18). The molecule has 0 spiro atoms. The summed E-state index contributed by atoms with van der Waals surface area (Å²) in [6.07, 6.45) is 1.50. The van der Waals surface area contributed by atoms with Crippen LogP contribution in [0, 0.1) is 12.7 Å². The van der Waals surface area contributed by atoms with Crippen LogP contribution >= 0.6 is 0 Å². The zero-order valence-corrected chi connectivity index (χ0v) is 9.77. The summed E-state index contributed by atoms with van der Waals surface area (Å²) in [6, 6.07) is 7.48. The SMILES string of the molecule is Cc1cc(F)cc(NC(=O)c2cccnc2N)c1. The van der Waals surface area contributed by atoms with Crippen LogP contribution in [0.25, 0.3) is 0 Å². The first kappa shape index (κ1) is 12.0. The molecule has 0 fully saturated rings. The lowest BCUT2D eigenvalue weighted by molar-refractivity contribution is 0.102. The van der Waals surface area contributed by atoms with Gasteiger partial charge in [0.05, 0.1) is 5.56 Å². The number of anilines is 2. The number of hydrogen-bond donors (Lipinski definition) is 2. The first-order valence-corrected chi connectivity index (χ1v) is 5.35. The van der Waals surface area contributed by atoms with E-state index in [1.165, 1.54) is 18.3 Å². The molecular weight excluding hydrogens is 233 g/mol. The number of halogens is 1. The van der Waals surface area contributed by atoms with Crippen LogP contribution in [-0.4, -0.2) is 10.9 Å². The Hall–Kier alpha value is -2.43. The molecule has 4 nitrogen and oxygen atoms in total. The zero-order chi connectivity index (χ0) is 13.1. The highest BCUT2D eigenvalue weighted by atomic mass is 19.1. The number of hydrogen-bond acceptors (Lipinski definition) is 3. The molecule has 0 aliphatic rings. The molecule has 0 saturated carbocycles. The van der Waals surface area contributed by atoms with Gasteiger partial charge in [0.15, 0.2) is 0 Å². The van der Waals surface area contributed by atoms with Crippen molar-refractivity contribution in [2.75, 3.05) is 11.1 Å². The number of amides is 1. The van der Waals surface area contributed by atoms with Crippen LogP contribution < -0.4 is 11.1 Å². The van der Waals surface area contributed by atoms with E-state index >= 15 is 0 Å². The minimum atomic E-state index is -0.411. The molecule has 2 aromatic rings. The number of aromatic nitrogens is 1. The zero-order valence-electron chi connectivity index (χ0n) is 9.77. The minimum absolute atomic E-state index is 0.142. The Kier molecular flexibility index (Phi) is 3.23. The Morgan fingerprint density at radius 3 is 2.83 bits per heavy atom. The van der Waals surface area contributed by atoms with Crippen molar-refractivity contribution in [1.82, 2.24) is 4.98 Å². The van der Waals surface area contributed by atoms with E-state index in [-0.39, 0.29) is 11.4 Å². The molecule has 92 valence electrons. The maximum atomic E-state index is 13.2. The van der Waals surface area contributed by atoms with Gasteiger partial charge < -0.3 is 11.1 Å². The molecule has 0 bridgehead atoms. The predicted molar refractivity (Wildman–Crippen MR) is 67.7 cm³/mol. The lowest BCUT2D eigenvalue weighted by Crippen LogP contribution is -2.14. The summed E-state index contributed by atoms with van der Waals surface area (Å²) in [6.45, 7) is 1.75. The third-order valence-electron chi connectivity index (χ3n) is 2.38. The molecule has 0 unspecified atom stereocenters. The van der Waals surface area contributed by atoms with Gasteiger partial charge in [-0.3, -0.25) is 4.79 Å². The van der Waals surface area contributed by atoms with Crippen molar-refractivity contribution in [1.29, 1.82) is 0 Å². The monoisotopic (exact) mass is 245 g/mol. The van der Waals surface area contributed by atoms with Gasteiger partial charge in [-0.05, 0) is 42.8 Å². The molecule has 0 aliphatic heterocycles. The summed E-state index contributed by atoms with van der Waals surface area (Å²) in [5.41, 5.74) is 6.97. The van der Waals surface area contributed by atoms with E-state index in [4.69, 9.17) is 5.73 Å². The third kappa shape index (κ3) is 2.63. The van der Waals surface area contributed by atoms with Crippen molar-refractivity contribution in [3.63, 3.8) is 0 Å². The lowest BCUT2D eigenvalue weighted by atomic mass is 10.2. The fraction of sp³-hybridized carbons (Fsp3) is 0.0769. The largest absolute Gasteiger partial charge is 0.383 e. The van der Waals surface area contributed by atoms with Crippen LogP contribution in [-0.2, 0) is 0 Å².